The van der Waals surface area contributed by atoms with Crippen molar-refractivity contribution in [3.8, 4) is 22.6 Å². The molecule has 0 spiro atoms. The number of benzene rings is 2. The molecule has 4 rings (SSSR count). The number of ether oxygens (including phenoxy) is 2. The molecule has 31 heavy (non-hydrogen) atoms. The maximum Gasteiger partial charge on any atom is 0.234 e. The Bertz CT molecular complexity index is 1240. The summed E-state index contributed by atoms with van der Waals surface area (Å²) in [5, 5.41) is 3.59. The second kappa shape index (κ2) is 9.09. The Morgan fingerprint density at radius 1 is 1.13 bits per heavy atom. The lowest BCUT2D eigenvalue weighted by Crippen LogP contribution is -2.15. The summed E-state index contributed by atoms with van der Waals surface area (Å²) in [7, 11) is 3.13. The maximum atomic E-state index is 12.6. The number of aromatic amines is 1. The van der Waals surface area contributed by atoms with Crippen LogP contribution in [0.4, 0.5) is 5.69 Å². The van der Waals surface area contributed by atoms with E-state index in [0.717, 1.165) is 27.2 Å². The van der Waals surface area contributed by atoms with Gasteiger partial charge in [-0.15, -0.1) is 0 Å². The molecule has 1 amide bonds. The molecule has 2 heterocycles. The molecule has 0 saturated heterocycles. The number of anilines is 1. The third-order valence-corrected chi connectivity index (χ3v) is 5.77. The van der Waals surface area contributed by atoms with Crippen LogP contribution in [-0.4, -0.2) is 40.8 Å². The zero-order valence-electron chi connectivity index (χ0n) is 17.4. The van der Waals surface area contributed by atoms with E-state index in [9.17, 15) is 4.79 Å². The van der Waals surface area contributed by atoms with Crippen LogP contribution < -0.4 is 14.8 Å². The predicted octanol–water partition coefficient (Wildman–Crippen LogP) is 4.68. The molecule has 0 aliphatic carbocycles. The molecule has 0 radical (unpaired) electrons. The van der Waals surface area contributed by atoms with Crippen LogP contribution >= 0.6 is 11.8 Å². The minimum Gasteiger partial charge on any atom is -0.497 e. The lowest BCUT2D eigenvalue weighted by molar-refractivity contribution is -0.113. The Labute approximate surface area is 184 Å². The van der Waals surface area contributed by atoms with E-state index in [4.69, 9.17) is 9.47 Å². The number of rotatable bonds is 7. The summed E-state index contributed by atoms with van der Waals surface area (Å²) in [5.41, 5.74) is 5.48. The third-order valence-electron chi connectivity index (χ3n) is 4.78. The molecule has 4 aromatic rings. The normalized spacial score (nSPS) is 10.8. The summed E-state index contributed by atoms with van der Waals surface area (Å²) >= 11 is 1.35. The Morgan fingerprint density at radius 2 is 2.00 bits per heavy atom. The quantitative estimate of drug-likeness (QED) is 0.324. The van der Waals surface area contributed by atoms with Gasteiger partial charge in [0.05, 0.1) is 31.2 Å². The molecule has 0 unspecified atom stereocenters. The molecule has 2 aromatic carbocycles. The van der Waals surface area contributed by atoms with E-state index in [2.05, 4.69) is 45.4 Å². The summed E-state index contributed by atoms with van der Waals surface area (Å²) in [6.45, 7) is 2.06. The second-order valence-corrected chi connectivity index (χ2v) is 7.84. The van der Waals surface area contributed by atoms with E-state index in [0.29, 0.717) is 17.2 Å². The average molecular weight is 435 g/mol. The lowest BCUT2D eigenvalue weighted by atomic mass is 10.1. The number of nitrogens with zero attached hydrogens (tertiary/aromatic N) is 2. The minimum atomic E-state index is -0.172. The molecule has 158 valence electrons. The monoisotopic (exact) mass is 434 g/mol. The van der Waals surface area contributed by atoms with Gasteiger partial charge in [-0.3, -0.25) is 4.79 Å². The fourth-order valence-corrected chi connectivity index (χ4v) is 4.05. The Balaban J connectivity index is 1.52. The van der Waals surface area contributed by atoms with E-state index in [-0.39, 0.29) is 11.7 Å². The molecule has 0 fully saturated rings. The van der Waals surface area contributed by atoms with Gasteiger partial charge >= 0.3 is 0 Å². The highest BCUT2D eigenvalue weighted by molar-refractivity contribution is 8.00. The zero-order chi connectivity index (χ0) is 21.8. The van der Waals surface area contributed by atoms with Crippen molar-refractivity contribution in [2.75, 3.05) is 25.3 Å². The van der Waals surface area contributed by atoms with Crippen LogP contribution in [0.5, 0.6) is 11.5 Å². The number of aryl methyl sites for hydroxylation is 1. The van der Waals surface area contributed by atoms with Crippen molar-refractivity contribution in [3.05, 3.63) is 60.6 Å². The number of hydrogen-bond donors (Lipinski definition) is 2. The molecular formula is C23H22N4O3S. The molecule has 2 N–H and O–H groups in total. The Hall–Kier alpha value is -3.52. The molecule has 0 atom stereocenters. The van der Waals surface area contributed by atoms with Gasteiger partial charge in [-0.2, -0.15) is 0 Å². The molecule has 0 aliphatic heterocycles. The summed E-state index contributed by atoms with van der Waals surface area (Å²) in [6.07, 6.45) is 3.46. The summed E-state index contributed by atoms with van der Waals surface area (Å²) in [6, 6.07) is 13.5. The number of carbonyl (C=O) groups excluding carboxylic acids is 1. The summed E-state index contributed by atoms with van der Waals surface area (Å²) in [4.78, 5) is 24.7. The highest BCUT2D eigenvalue weighted by Gasteiger charge is 2.15. The standard InChI is InChI=1S/C23H22N4O3S/c1-14-5-4-6-15(9-14)17-11-24-22-21(17)25-13-26-23(22)31-12-20(28)27-18-10-16(29-2)7-8-19(18)30-3/h4-11,13,24H,12H2,1-3H3,(H,27,28). The second-order valence-electron chi connectivity index (χ2n) is 6.88. The van der Waals surface area contributed by atoms with Crippen molar-refractivity contribution in [3.63, 3.8) is 0 Å². The van der Waals surface area contributed by atoms with Gasteiger partial charge in [0.2, 0.25) is 5.91 Å². The van der Waals surface area contributed by atoms with E-state index >= 15 is 0 Å². The van der Waals surface area contributed by atoms with Crippen LogP contribution in [0.15, 0.2) is 60.0 Å². The van der Waals surface area contributed by atoms with Crippen LogP contribution in [0.25, 0.3) is 22.2 Å². The number of hydrogen-bond acceptors (Lipinski definition) is 6. The smallest absolute Gasteiger partial charge is 0.234 e. The Morgan fingerprint density at radius 3 is 2.77 bits per heavy atom. The van der Waals surface area contributed by atoms with Crippen molar-refractivity contribution < 1.29 is 14.3 Å². The molecule has 0 saturated carbocycles. The largest absolute Gasteiger partial charge is 0.497 e. The first-order chi connectivity index (χ1) is 15.1. The minimum absolute atomic E-state index is 0.172. The van der Waals surface area contributed by atoms with Crippen LogP contribution in [-0.2, 0) is 4.79 Å². The summed E-state index contributed by atoms with van der Waals surface area (Å²) < 4.78 is 10.5. The number of thioether (sulfide) groups is 1. The van der Waals surface area contributed by atoms with Crippen LogP contribution in [0.2, 0.25) is 0 Å². The van der Waals surface area contributed by atoms with Crippen LogP contribution in [0.1, 0.15) is 5.56 Å². The number of methoxy groups -OCH3 is 2. The number of aromatic nitrogens is 3. The third kappa shape index (κ3) is 4.49. The fourth-order valence-electron chi connectivity index (χ4n) is 3.29. The lowest BCUT2D eigenvalue weighted by Gasteiger charge is -2.11. The molecule has 0 bridgehead atoms. The molecule has 7 nitrogen and oxygen atoms in total. The predicted molar refractivity (Wildman–Crippen MR) is 123 cm³/mol. The summed E-state index contributed by atoms with van der Waals surface area (Å²) in [5.74, 6) is 1.21. The topological polar surface area (TPSA) is 89.1 Å². The van der Waals surface area contributed by atoms with Gasteiger partial charge in [-0.05, 0) is 24.6 Å². The van der Waals surface area contributed by atoms with Crippen LogP contribution in [0.3, 0.4) is 0 Å². The first-order valence-electron chi connectivity index (χ1n) is 9.63. The van der Waals surface area contributed by atoms with Gasteiger partial charge in [-0.25, -0.2) is 9.97 Å². The first-order valence-corrected chi connectivity index (χ1v) is 10.6. The van der Waals surface area contributed by atoms with Crippen molar-refractivity contribution in [1.29, 1.82) is 0 Å². The molecular weight excluding hydrogens is 412 g/mol. The van der Waals surface area contributed by atoms with Gasteiger partial charge < -0.3 is 19.8 Å². The van der Waals surface area contributed by atoms with Gasteiger partial charge in [0.25, 0.3) is 0 Å². The number of carbonyl (C=O) groups is 1. The van der Waals surface area contributed by atoms with E-state index in [1.807, 2.05) is 12.3 Å². The van der Waals surface area contributed by atoms with Crippen LogP contribution in [0, 0.1) is 6.92 Å². The maximum absolute atomic E-state index is 12.6. The van der Waals surface area contributed by atoms with Gasteiger partial charge in [0.15, 0.2) is 0 Å². The molecule has 2 aromatic heterocycles. The number of fused-ring (bicyclic) bond motifs is 1. The number of nitrogens with one attached hydrogen (secondary N) is 2. The van der Waals surface area contributed by atoms with Crippen molar-refractivity contribution in [1.82, 2.24) is 15.0 Å². The van der Waals surface area contributed by atoms with Gasteiger partial charge in [0.1, 0.15) is 28.4 Å². The van der Waals surface area contributed by atoms with E-state index in [1.54, 1.807) is 32.4 Å². The average Bonchev–Trinajstić information content (AvgIpc) is 3.22. The van der Waals surface area contributed by atoms with Gasteiger partial charge in [0, 0.05) is 17.8 Å². The van der Waals surface area contributed by atoms with E-state index < -0.39 is 0 Å². The first kappa shape index (κ1) is 20.7. The highest BCUT2D eigenvalue weighted by atomic mass is 32.2. The molecule has 0 aliphatic rings. The van der Waals surface area contributed by atoms with Gasteiger partial charge in [-0.1, -0.05) is 41.6 Å². The van der Waals surface area contributed by atoms with Crippen molar-refractivity contribution in [2.45, 2.75) is 11.9 Å². The number of amides is 1. The highest BCUT2D eigenvalue weighted by Crippen LogP contribution is 2.32. The van der Waals surface area contributed by atoms with Crippen molar-refractivity contribution >= 4 is 34.4 Å². The SMILES string of the molecule is COc1ccc(OC)c(NC(=O)CSc2ncnc3c(-c4cccc(C)c4)c[nH]c23)c1. The van der Waals surface area contributed by atoms with Crippen molar-refractivity contribution in [2.24, 2.45) is 0 Å². The number of H-pyrrole nitrogens is 1. The zero-order valence-corrected chi connectivity index (χ0v) is 18.2. The Kier molecular flexibility index (Phi) is 6.08. The fraction of sp³-hybridized carbons (Fsp3) is 0.174. The molecule has 8 heteroatoms. The van der Waals surface area contributed by atoms with E-state index in [1.165, 1.54) is 23.7 Å².